The lowest BCUT2D eigenvalue weighted by Crippen LogP contribution is -2.58. The Morgan fingerprint density at radius 1 is 0.625 bits per heavy atom. The molecule has 2 unspecified atom stereocenters. The van der Waals surface area contributed by atoms with Crippen LogP contribution in [0.15, 0.2) is 0 Å². The summed E-state index contributed by atoms with van der Waals surface area (Å²) < 4.78 is 53.4. The Kier molecular flexibility index (Phi) is 7.10. The molecule has 0 aromatic rings. The lowest BCUT2D eigenvalue weighted by molar-refractivity contribution is 0.189. The highest BCUT2D eigenvalue weighted by Crippen LogP contribution is 2.34. The molecule has 0 radical (unpaired) electrons. The van der Waals surface area contributed by atoms with E-state index >= 15 is 0 Å². The van der Waals surface area contributed by atoms with Gasteiger partial charge < -0.3 is 0 Å². The van der Waals surface area contributed by atoms with E-state index in [4.69, 9.17) is 0 Å². The Balaban J connectivity index is 2.29. The Morgan fingerprint density at radius 2 is 0.917 bits per heavy atom. The first-order valence-electron chi connectivity index (χ1n) is 9.10. The van der Waals surface area contributed by atoms with Gasteiger partial charge in [0, 0.05) is 12.1 Å². The van der Waals surface area contributed by atoms with Crippen LogP contribution in [0, 0.1) is 11.8 Å². The molecule has 2 atom stereocenters. The molecule has 0 bridgehead atoms. The average Bonchev–Trinajstić information content (AvgIpc) is 2.50. The molecule has 0 amide bonds. The first-order valence-corrected chi connectivity index (χ1v) is 12.9. The van der Waals surface area contributed by atoms with Crippen LogP contribution in [-0.2, 0) is 20.0 Å². The molecular weight excluding hydrogens is 348 g/mol. The third kappa shape index (κ3) is 6.61. The predicted octanol–water partition coefficient (Wildman–Crippen LogP) is 1.98. The maximum Gasteiger partial charge on any atom is 0.209 e. The van der Waals surface area contributed by atoms with E-state index in [1.807, 2.05) is 0 Å². The summed E-state index contributed by atoms with van der Waals surface area (Å²) in [6.45, 7) is 0. The normalized spacial score (nSPS) is 24.6. The molecule has 0 aromatic carbocycles. The number of hydrogen-bond donors (Lipinski definition) is 2. The van der Waals surface area contributed by atoms with Gasteiger partial charge in [0.15, 0.2) is 0 Å². The van der Waals surface area contributed by atoms with Gasteiger partial charge in [-0.1, -0.05) is 38.5 Å². The molecule has 24 heavy (non-hydrogen) atoms. The molecule has 2 rings (SSSR count). The van der Waals surface area contributed by atoms with Crippen molar-refractivity contribution >= 4 is 20.0 Å². The molecule has 8 heteroatoms. The van der Waals surface area contributed by atoms with Crippen molar-refractivity contribution < 1.29 is 16.8 Å². The SMILES string of the molecule is CS(=O)(=O)NC(C1CCCCC1)C(NS(C)(=O)=O)C1CCCCC1. The van der Waals surface area contributed by atoms with Crippen LogP contribution in [-0.4, -0.2) is 41.4 Å². The van der Waals surface area contributed by atoms with Crippen LogP contribution in [0.1, 0.15) is 64.2 Å². The molecule has 2 saturated carbocycles. The number of nitrogens with one attached hydrogen (secondary N) is 2. The fourth-order valence-corrected chi connectivity index (χ4v) is 6.07. The predicted molar refractivity (Wildman–Crippen MR) is 96.7 cm³/mol. The van der Waals surface area contributed by atoms with E-state index in [2.05, 4.69) is 9.44 Å². The van der Waals surface area contributed by atoms with Gasteiger partial charge >= 0.3 is 0 Å². The Labute approximate surface area is 147 Å². The number of rotatable bonds is 7. The van der Waals surface area contributed by atoms with Crippen molar-refractivity contribution in [3.8, 4) is 0 Å². The second-order valence-corrected chi connectivity index (χ2v) is 11.2. The average molecular weight is 381 g/mol. The van der Waals surface area contributed by atoms with Crippen molar-refractivity contribution in [3.05, 3.63) is 0 Å². The van der Waals surface area contributed by atoms with Crippen molar-refractivity contribution in [1.29, 1.82) is 0 Å². The summed E-state index contributed by atoms with van der Waals surface area (Å²) in [4.78, 5) is 0. The van der Waals surface area contributed by atoms with Gasteiger partial charge in [-0.3, -0.25) is 0 Å². The van der Waals surface area contributed by atoms with E-state index in [1.165, 1.54) is 25.4 Å². The monoisotopic (exact) mass is 380 g/mol. The highest BCUT2D eigenvalue weighted by Gasteiger charge is 2.38. The third-order valence-corrected chi connectivity index (χ3v) is 6.80. The summed E-state index contributed by atoms with van der Waals surface area (Å²) in [6, 6.07) is -0.698. The zero-order valence-electron chi connectivity index (χ0n) is 14.8. The second-order valence-electron chi connectivity index (χ2n) is 7.63. The van der Waals surface area contributed by atoms with Gasteiger partial charge in [0.2, 0.25) is 20.0 Å². The van der Waals surface area contributed by atoms with Crippen molar-refractivity contribution in [2.45, 2.75) is 76.3 Å². The first kappa shape index (κ1) is 20.1. The van der Waals surface area contributed by atoms with Crippen LogP contribution < -0.4 is 9.44 Å². The molecule has 6 nitrogen and oxygen atoms in total. The number of hydrogen-bond acceptors (Lipinski definition) is 4. The Morgan fingerprint density at radius 3 is 1.17 bits per heavy atom. The molecule has 0 aliphatic heterocycles. The minimum atomic E-state index is -3.40. The van der Waals surface area contributed by atoms with E-state index in [0.717, 1.165) is 51.4 Å². The largest absolute Gasteiger partial charge is 0.213 e. The summed E-state index contributed by atoms with van der Waals surface area (Å²) in [6.07, 6.45) is 12.9. The fourth-order valence-electron chi connectivity index (χ4n) is 4.41. The minimum absolute atomic E-state index is 0.203. The molecule has 0 saturated heterocycles. The van der Waals surface area contributed by atoms with Gasteiger partial charge in [0.1, 0.15) is 0 Å². The van der Waals surface area contributed by atoms with Crippen LogP contribution in [0.25, 0.3) is 0 Å². The maximum absolute atomic E-state index is 11.9. The Bertz CT molecular complexity index is 538. The van der Waals surface area contributed by atoms with E-state index in [0.29, 0.717) is 0 Å². The fraction of sp³-hybridized carbons (Fsp3) is 1.00. The highest BCUT2D eigenvalue weighted by atomic mass is 32.2. The van der Waals surface area contributed by atoms with E-state index in [-0.39, 0.29) is 23.9 Å². The molecule has 0 heterocycles. The molecule has 142 valence electrons. The van der Waals surface area contributed by atoms with Crippen molar-refractivity contribution in [1.82, 2.24) is 9.44 Å². The minimum Gasteiger partial charge on any atom is -0.213 e. The summed E-state index contributed by atoms with van der Waals surface area (Å²) in [5.41, 5.74) is 0. The van der Waals surface area contributed by atoms with E-state index < -0.39 is 20.0 Å². The molecule has 0 spiro atoms. The molecule has 2 N–H and O–H groups in total. The summed E-state index contributed by atoms with van der Waals surface area (Å²) in [5.74, 6) is 0.407. The maximum atomic E-state index is 11.9. The van der Waals surface area contributed by atoms with Crippen LogP contribution in [0.5, 0.6) is 0 Å². The van der Waals surface area contributed by atoms with Gasteiger partial charge in [-0.2, -0.15) is 0 Å². The van der Waals surface area contributed by atoms with Gasteiger partial charge in [-0.25, -0.2) is 26.3 Å². The van der Waals surface area contributed by atoms with Crippen LogP contribution in [0.3, 0.4) is 0 Å². The van der Waals surface area contributed by atoms with E-state index in [1.54, 1.807) is 0 Å². The molecule has 2 aliphatic carbocycles. The molecule has 2 aliphatic rings. The summed E-state index contributed by atoms with van der Waals surface area (Å²) in [7, 11) is -6.79. The van der Waals surface area contributed by atoms with E-state index in [9.17, 15) is 16.8 Å². The molecule has 0 aromatic heterocycles. The lowest BCUT2D eigenvalue weighted by Gasteiger charge is -2.41. The second kappa shape index (κ2) is 8.47. The van der Waals surface area contributed by atoms with Gasteiger partial charge in [-0.15, -0.1) is 0 Å². The van der Waals surface area contributed by atoms with Crippen LogP contribution >= 0.6 is 0 Å². The van der Waals surface area contributed by atoms with Gasteiger partial charge in [0.05, 0.1) is 12.5 Å². The lowest BCUT2D eigenvalue weighted by atomic mass is 9.75. The Hall–Kier alpha value is -0.180. The van der Waals surface area contributed by atoms with Crippen LogP contribution in [0.2, 0.25) is 0 Å². The van der Waals surface area contributed by atoms with Crippen molar-refractivity contribution in [2.24, 2.45) is 11.8 Å². The van der Waals surface area contributed by atoms with Crippen LogP contribution in [0.4, 0.5) is 0 Å². The van der Waals surface area contributed by atoms with Crippen molar-refractivity contribution in [3.63, 3.8) is 0 Å². The summed E-state index contributed by atoms with van der Waals surface area (Å²) >= 11 is 0. The smallest absolute Gasteiger partial charge is 0.209 e. The zero-order chi connectivity index (χ0) is 17.8. The van der Waals surface area contributed by atoms with Gasteiger partial charge in [0.25, 0.3) is 0 Å². The summed E-state index contributed by atoms with van der Waals surface area (Å²) in [5, 5.41) is 0. The zero-order valence-corrected chi connectivity index (χ0v) is 16.5. The highest BCUT2D eigenvalue weighted by molar-refractivity contribution is 7.89. The molecule has 2 fully saturated rings. The first-order chi connectivity index (χ1) is 11.2. The number of sulfonamides is 2. The van der Waals surface area contributed by atoms with Crippen molar-refractivity contribution in [2.75, 3.05) is 12.5 Å². The quantitative estimate of drug-likeness (QED) is 0.706. The standard InChI is InChI=1S/C16H32N2O4S2/c1-23(19,20)17-15(13-9-5-3-6-10-13)16(18-24(2,21)22)14-11-7-4-8-12-14/h13-18H,3-12H2,1-2H3. The van der Waals surface area contributed by atoms with Gasteiger partial charge in [-0.05, 0) is 37.5 Å². The molecular formula is C16H32N2O4S2. The third-order valence-electron chi connectivity index (χ3n) is 5.40. The topological polar surface area (TPSA) is 92.3 Å².